The number of nitrogens with one attached hydrogen (secondary N) is 1. The Morgan fingerprint density at radius 2 is 2.33 bits per heavy atom. The zero-order valence-electron chi connectivity index (χ0n) is 9.61. The molecular weight excluding hydrogens is 256 g/mol. The van der Waals surface area contributed by atoms with E-state index >= 15 is 0 Å². The van der Waals surface area contributed by atoms with Crippen molar-refractivity contribution in [2.24, 2.45) is 0 Å². The Kier molecular flexibility index (Phi) is 3.47. The molecule has 0 atom stereocenters. The first-order valence-electron chi connectivity index (χ1n) is 5.18. The number of halogens is 1. The van der Waals surface area contributed by atoms with Gasteiger partial charge >= 0.3 is 0 Å². The predicted octanol–water partition coefficient (Wildman–Crippen LogP) is 1.54. The lowest BCUT2D eigenvalue weighted by molar-refractivity contribution is 0.0950. The molecule has 0 saturated carbocycles. The van der Waals surface area contributed by atoms with Crippen LogP contribution in [0.4, 0.5) is 5.69 Å². The molecule has 1 heterocycles. The molecule has 7 heteroatoms. The molecule has 1 amide bonds. The number of hydrogen-bond acceptors (Lipinski definition) is 5. The van der Waals surface area contributed by atoms with Gasteiger partial charge < -0.3 is 15.6 Å². The number of anilines is 1. The fraction of sp³-hybridized carbons (Fsp3) is 0.182. The maximum absolute atomic E-state index is 11.9. The van der Waals surface area contributed by atoms with Crippen molar-refractivity contribution < 1.29 is 9.32 Å². The normalized spacial score (nSPS) is 10.3. The summed E-state index contributed by atoms with van der Waals surface area (Å²) in [6.07, 6.45) is 0. The molecule has 94 valence electrons. The lowest BCUT2D eigenvalue weighted by atomic mass is 10.1. The van der Waals surface area contributed by atoms with Crippen LogP contribution < -0.4 is 11.1 Å². The summed E-state index contributed by atoms with van der Waals surface area (Å²) in [5.41, 5.74) is 6.38. The van der Waals surface area contributed by atoms with Crippen LogP contribution in [0.3, 0.4) is 0 Å². The summed E-state index contributed by atoms with van der Waals surface area (Å²) in [5, 5.41) is 6.75. The van der Waals surface area contributed by atoms with Crippen LogP contribution in [0, 0.1) is 6.92 Å². The average molecular weight is 267 g/mol. The molecular formula is C11H11ClN4O2. The molecule has 2 rings (SSSR count). The van der Waals surface area contributed by atoms with Gasteiger partial charge in [0.2, 0.25) is 5.89 Å². The van der Waals surface area contributed by atoms with Crippen molar-refractivity contribution in [1.82, 2.24) is 15.5 Å². The number of rotatable bonds is 3. The van der Waals surface area contributed by atoms with Gasteiger partial charge in [0.15, 0.2) is 5.82 Å². The molecule has 0 bridgehead atoms. The third-order valence-corrected chi connectivity index (χ3v) is 2.47. The number of carbonyl (C=O) groups is 1. The summed E-state index contributed by atoms with van der Waals surface area (Å²) in [6.45, 7) is 1.84. The number of aryl methyl sites for hydroxylation is 1. The standard InChI is InChI=1S/C11H11ClN4O2/c1-6-15-10(16-18-6)5-14-11(17)8-4-7(12)2-3-9(8)13/h2-4H,5,13H2,1H3,(H,14,17). The maximum Gasteiger partial charge on any atom is 0.253 e. The Labute approximate surface area is 108 Å². The van der Waals surface area contributed by atoms with E-state index in [9.17, 15) is 4.79 Å². The van der Waals surface area contributed by atoms with Gasteiger partial charge in [0.1, 0.15) is 0 Å². The second-order valence-corrected chi connectivity index (χ2v) is 4.08. The van der Waals surface area contributed by atoms with Gasteiger partial charge in [-0.2, -0.15) is 4.98 Å². The SMILES string of the molecule is Cc1nc(CNC(=O)c2cc(Cl)ccc2N)no1. The minimum absolute atomic E-state index is 0.169. The Bertz CT molecular complexity index is 582. The van der Waals surface area contributed by atoms with E-state index in [4.69, 9.17) is 21.9 Å². The third kappa shape index (κ3) is 2.78. The van der Waals surface area contributed by atoms with Crippen LogP contribution in [0.15, 0.2) is 22.7 Å². The lowest BCUT2D eigenvalue weighted by Crippen LogP contribution is -2.24. The second kappa shape index (κ2) is 5.05. The van der Waals surface area contributed by atoms with Gasteiger partial charge in [-0.15, -0.1) is 0 Å². The summed E-state index contributed by atoms with van der Waals surface area (Å²) >= 11 is 5.81. The van der Waals surface area contributed by atoms with E-state index in [0.29, 0.717) is 28.0 Å². The van der Waals surface area contributed by atoms with Crippen LogP contribution in [-0.4, -0.2) is 16.0 Å². The van der Waals surface area contributed by atoms with Crippen molar-refractivity contribution in [2.75, 3.05) is 5.73 Å². The van der Waals surface area contributed by atoms with Gasteiger partial charge in [-0.1, -0.05) is 16.8 Å². The highest BCUT2D eigenvalue weighted by molar-refractivity contribution is 6.31. The first kappa shape index (κ1) is 12.4. The van der Waals surface area contributed by atoms with E-state index in [1.54, 1.807) is 19.1 Å². The molecule has 0 aliphatic carbocycles. The monoisotopic (exact) mass is 266 g/mol. The number of amides is 1. The highest BCUT2D eigenvalue weighted by Gasteiger charge is 2.11. The molecule has 2 aromatic rings. The lowest BCUT2D eigenvalue weighted by Gasteiger charge is -2.06. The van der Waals surface area contributed by atoms with Crippen molar-refractivity contribution in [2.45, 2.75) is 13.5 Å². The van der Waals surface area contributed by atoms with Gasteiger partial charge in [0.05, 0.1) is 12.1 Å². The molecule has 0 unspecified atom stereocenters. The molecule has 18 heavy (non-hydrogen) atoms. The number of hydrogen-bond donors (Lipinski definition) is 2. The summed E-state index contributed by atoms with van der Waals surface area (Å²) in [7, 11) is 0. The first-order chi connectivity index (χ1) is 8.56. The molecule has 1 aromatic heterocycles. The highest BCUT2D eigenvalue weighted by Crippen LogP contribution is 2.17. The molecule has 0 radical (unpaired) electrons. The molecule has 0 aliphatic heterocycles. The van der Waals surface area contributed by atoms with Gasteiger partial charge in [0.25, 0.3) is 5.91 Å². The van der Waals surface area contributed by atoms with Gasteiger partial charge in [0, 0.05) is 17.6 Å². The van der Waals surface area contributed by atoms with E-state index in [1.807, 2.05) is 0 Å². The van der Waals surface area contributed by atoms with Crippen molar-refractivity contribution >= 4 is 23.2 Å². The minimum atomic E-state index is -0.336. The molecule has 0 fully saturated rings. The second-order valence-electron chi connectivity index (χ2n) is 3.64. The summed E-state index contributed by atoms with van der Waals surface area (Å²) < 4.78 is 4.79. The van der Waals surface area contributed by atoms with Crippen LogP contribution in [0.1, 0.15) is 22.1 Å². The minimum Gasteiger partial charge on any atom is -0.398 e. The van der Waals surface area contributed by atoms with Crippen molar-refractivity contribution in [3.63, 3.8) is 0 Å². The van der Waals surface area contributed by atoms with E-state index in [-0.39, 0.29) is 12.5 Å². The summed E-state index contributed by atoms with van der Waals surface area (Å²) in [5.74, 6) is 0.514. The molecule has 0 spiro atoms. The van der Waals surface area contributed by atoms with Crippen LogP contribution >= 0.6 is 11.6 Å². The maximum atomic E-state index is 11.9. The van der Waals surface area contributed by atoms with Crippen LogP contribution in [-0.2, 0) is 6.54 Å². The quantitative estimate of drug-likeness (QED) is 0.822. The zero-order chi connectivity index (χ0) is 13.1. The van der Waals surface area contributed by atoms with Gasteiger partial charge in [-0.25, -0.2) is 0 Å². The van der Waals surface area contributed by atoms with Crippen molar-refractivity contribution in [3.05, 3.63) is 40.5 Å². The fourth-order valence-electron chi connectivity index (χ4n) is 1.39. The van der Waals surface area contributed by atoms with Crippen LogP contribution in [0.5, 0.6) is 0 Å². The Morgan fingerprint density at radius 3 is 3.00 bits per heavy atom. The summed E-state index contributed by atoms with van der Waals surface area (Å²) in [4.78, 5) is 15.8. The number of nitrogens with zero attached hydrogens (tertiary/aromatic N) is 2. The molecule has 1 aromatic carbocycles. The third-order valence-electron chi connectivity index (χ3n) is 2.24. The number of aromatic nitrogens is 2. The number of nitrogens with two attached hydrogens (primary N) is 1. The van der Waals surface area contributed by atoms with E-state index in [1.165, 1.54) is 6.07 Å². The molecule has 0 aliphatic rings. The smallest absolute Gasteiger partial charge is 0.253 e. The largest absolute Gasteiger partial charge is 0.398 e. The van der Waals surface area contributed by atoms with Crippen LogP contribution in [0.2, 0.25) is 5.02 Å². The molecule has 3 N–H and O–H groups in total. The highest BCUT2D eigenvalue weighted by atomic mass is 35.5. The Balaban J connectivity index is 2.05. The van der Waals surface area contributed by atoms with Crippen molar-refractivity contribution in [1.29, 1.82) is 0 Å². The first-order valence-corrected chi connectivity index (χ1v) is 5.56. The number of nitrogen functional groups attached to an aromatic ring is 1. The van der Waals surface area contributed by atoms with E-state index in [0.717, 1.165) is 0 Å². The Hall–Kier alpha value is -2.08. The zero-order valence-corrected chi connectivity index (χ0v) is 10.4. The molecule has 0 saturated heterocycles. The summed E-state index contributed by atoms with van der Waals surface area (Å²) in [6, 6.07) is 4.71. The number of carbonyl (C=O) groups excluding carboxylic acids is 1. The molecule has 6 nitrogen and oxygen atoms in total. The van der Waals surface area contributed by atoms with Crippen molar-refractivity contribution in [3.8, 4) is 0 Å². The fourth-order valence-corrected chi connectivity index (χ4v) is 1.56. The Morgan fingerprint density at radius 1 is 1.56 bits per heavy atom. The topological polar surface area (TPSA) is 94.0 Å². The van der Waals surface area contributed by atoms with Gasteiger partial charge in [-0.05, 0) is 18.2 Å². The average Bonchev–Trinajstić information content (AvgIpc) is 2.75. The van der Waals surface area contributed by atoms with Gasteiger partial charge in [-0.3, -0.25) is 4.79 Å². The van der Waals surface area contributed by atoms with Crippen LogP contribution in [0.25, 0.3) is 0 Å². The van der Waals surface area contributed by atoms with E-state index < -0.39 is 0 Å². The predicted molar refractivity (Wildman–Crippen MR) is 66.1 cm³/mol. The van der Waals surface area contributed by atoms with E-state index in [2.05, 4.69) is 15.5 Å². The number of benzene rings is 1.